The molecule has 0 atom stereocenters. The lowest BCUT2D eigenvalue weighted by molar-refractivity contribution is 0.609. The van der Waals surface area contributed by atoms with Crippen LogP contribution >= 0.6 is 0 Å². The van der Waals surface area contributed by atoms with Gasteiger partial charge in [-0.05, 0) is 38.9 Å². The van der Waals surface area contributed by atoms with E-state index in [9.17, 15) is 0 Å². The Bertz CT molecular complexity index is 511. The highest BCUT2D eigenvalue weighted by Crippen LogP contribution is 2.33. The Morgan fingerprint density at radius 2 is 1.00 bits per heavy atom. The van der Waals surface area contributed by atoms with Gasteiger partial charge in [0.25, 0.3) is 0 Å². The summed E-state index contributed by atoms with van der Waals surface area (Å²) in [4.78, 5) is 4.74. The topological polar surface area (TPSA) is 12.4 Å². The number of unbranched alkanes of at least 4 members (excludes halogenated alkanes) is 5. The summed E-state index contributed by atoms with van der Waals surface area (Å²) in [7, 11) is -2.50. The lowest BCUT2D eigenvalue weighted by atomic mass is 10.1. The second kappa shape index (κ2) is 18.9. The third-order valence-corrected chi connectivity index (χ3v) is 19.8. The van der Waals surface area contributed by atoms with Crippen molar-refractivity contribution in [1.29, 1.82) is 0 Å². The van der Waals surface area contributed by atoms with Gasteiger partial charge in [-0.1, -0.05) is 126 Å². The summed E-state index contributed by atoms with van der Waals surface area (Å²) in [5, 5.41) is 3.08. The van der Waals surface area contributed by atoms with E-state index in [-0.39, 0.29) is 0 Å². The lowest BCUT2D eigenvalue weighted by Gasteiger charge is -2.32. The van der Waals surface area contributed by atoms with Gasteiger partial charge in [0.15, 0.2) is 0 Å². The average molecular weight is 478 g/mol. The summed E-state index contributed by atoms with van der Waals surface area (Å²) < 4.78 is 0. The van der Waals surface area contributed by atoms with Crippen LogP contribution in [0.4, 0.5) is 0 Å². The molecule has 0 aliphatic rings. The molecule has 0 aromatic heterocycles. The van der Waals surface area contributed by atoms with E-state index in [0.29, 0.717) is 0 Å². The summed E-state index contributed by atoms with van der Waals surface area (Å²) in [5.41, 5.74) is 0. The van der Waals surface area contributed by atoms with E-state index in [4.69, 9.17) is 4.99 Å². The minimum atomic E-state index is -1.29. The fourth-order valence-corrected chi connectivity index (χ4v) is 15.3. The molecule has 0 bridgehead atoms. The van der Waals surface area contributed by atoms with Crippen molar-refractivity contribution in [2.45, 2.75) is 148 Å². The van der Waals surface area contributed by atoms with Gasteiger partial charge in [-0.15, -0.1) is 13.2 Å². The van der Waals surface area contributed by atoms with Crippen molar-refractivity contribution in [3.63, 3.8) is 0 Å². The SMILES string of the molecule is C=C(C)[Si](CCC)(CCC)CCC=NCCCCCCCC[Si](CCC)(CCC)C(=C)C. The van der Waals surface area contributed by atoms with Gasteiger partial charge in [0, 0.05) is 6.54 Å². The minimum Gasteiger partial charge on any atom is -0.298 e. The first-order chi connectivity index (χ1) is 15.3. The van der Waals surface area contributed by atoms with E-state index < -0.39 is 16.1 Å². The summed E-state index contributed by atoms with van der Waals surface area (Å²) in [5.74, 6) is 0. The molecule has 0 N–H and O–H groups in total. The molecule has 0 spiro atoms. The molecular weight excluding hydrogens is 418 g/mol. The Morgan fingerprint density at radius 3 is 1.44 bits per heavy atom. The van der Waals surface area contributed by atoms with E-state index in [1.165, 1.54) is 112 Å². The quantitative estimate of drug-likeness (QED) is 0.0834. The molecule has 0 fully saturated rings. The highest BCUT2D eigenvalue weighted by atomic mass is 28.3. The van der Waals surface area contributed by atoms with Crippen molar-refractivity contribution in [1.82, 2.24) is 0 Å². The molecule has 32 heavy (non-hydrogen) atoms. The van der Waals surface area contributed by atoms with E-state index in [0.717, 1.165) is 6.54 Å². The van der Waals surface area contributed by atoms with Gasteiger partial charge in [-0.2, -0.15) is 0 Å². The Labute approximate surface area is 205 Å². The molecular formula is C29H59NSi2. The molecule has 0 radical (unpaired) electrons. The third-order valence-electron chi connectivity index (χ3n) is 7.80. The van der Waals surface area contributed by atoms with Crippen LogP contribution in [0.3, 0.4) is 0 Å². The van der Waals surface area contributed by atoms with Crippen LogP contribution < -0.4 is 0 Å². The maximum atomic E-state index is 4.74. The van der Waals surface area contributed by atoms with Gasteiger partial charge in [0.2, 0.25) is 0 Å². The molecule has 0 heterocycles. The molecule has 0 aliphatic carbocycles. The first-order valence-electron chi connectivity index (χ1n) is 14.1. The standard InChI is InChI=1S/C29H59NSi2/c1-9-22-31(23-10-2,28(5)6)26-18-16-14-13-15-17-20-30-21-19-27-32(24-11-3,25-12-4)29(7)8/h21H,5,7,9-20,22-27H2,1-4,6,8H3. The molecule has 0 saturated carbocycles. The Kier molecular flexibility index (Phi) is 18.7. The Hall–Kier alpha value is -0.416. The first kappa shape index (κ1) is 31.6. The zero-order valence-corrected chi connectivity index (χ0v) is 25.2. The second-order valence-electron chi connectivity index (χ2n) is 10.6. The van der Waals surface area contributed by atoms with Gasteiger partial charge in [-0.3, -0.25) is 4.99 Å². The zero-order chi connectivity index (χ0) is 24.3. The van der Waals surface area contributed by atoms with Gasteiger partial charge in [0.05, 0.1) is 16.1 Å². The number of nitrogens with zero attached hydrogens (tertiary/aromatic N) is 1. The molecule has 0 amide bonds. The van der Waals surface area contributed by atoms with Crippen LogP contribution in [0.1, 0.15) is 112 Å². The molecule has 1 nitrogen and oxygen atoms in total. The van der Waals surface area contributed by atoms with Crippen molar-refractivity contribution in [3.8, 4) is 0 Å². The fraction of sp³-hybridized carbons (Fsp3) is 0.828. The van der Waals surface area contributed by atoms with E-state index in [1.807, 2.05) is 0 Å². The predicted octanol–water partition coefficient (Wildman–Crippen LogP) is 10.6. The molecule has 0 saturated heterocycles. The predicted molar refractivity (Wildman–Crippen MR) is 157 cm³/mol. The number of allylic oxidation sites excluding steroid dienone is 2. The fourth-order valence-electron chi connectivity index (χ4n) is 5.84. The molecule has 0 aromatic rings. The van der Waals surface area contributed by atoms with Crippen LogP contribution in [0.5, 0.6) is 0 Å². The summed E-state index contributed by atoms with van der Waals surface area (Å²) in [6, 6.07) is 8.59. The summed E-state index contributed by atoms with van der Waals surface area (Å²) in [6.45, 7) is 23.9. The van der Waals surface area contributed by atoms with Crippen LogP contribution in [0, 0.1) is 0 Å². The van der Waals surface area contributed by atoms with Gasteiger partial charge in [-0.25, -0.2) is 0 Å². The van der Waals surface area contributed by atoms with Crippen LogP contribution in [-0.2, 0) is 0 Å². The smallest absolute Gasteiger partial charge is 0.0807 e. The monoisotopic (exact) mass is 477 g/mol. The van der Waals surface area contributed by atoms with Crippen molar-refractivity contribution in [2.24, 2.45) is 4.99 Å². The van der Waals surface area contributed by atoms with Crippen LogP contribution in [0.2, 0.25) is 36.3 Å². The minimum absolute atomic E-state index is 1.03. The van der Waals surface area contributed by atoms with E-state index in [2.05, 4.69) is 60.9 Å². The number of hydrogen-bond acceptors (Lipinski definition) is 1. The number of rotatable bonds is 22. The zero-order valence-electron chi connectivity index (χ0n) is 23.2. The number of hydrogen-bond donors (Lipinski definition) is 0. The van der Waals surface area contributed by atoms with Crippen LogP contribution in [-0.4, -0.2) is 28.9 Å². The Morgan fingerprint density at radius 1 is 0.594 bits per heavy atom. The molecule has 0 aliphatic heterocycles. The highest BCUT2D eigenvalue weighted by molar-refractivity contribution is 6.86. The molecule has 0 unspecified atom stereocenters. The normalized spacial score (nSPS) is 12.6. The largest absolute Gasteiger partial charge is 0.298 e. The molecule has 0 aromatic carbocycles. The van der Waals surface area contributed by atoms with Gasteiger partial charge < -0.3 is 0 Å². The first-order valence-corrected chi connectivity index (χ1v) is 19.4. The maximum Gasteiger partial charge on any atom is 0.0807 e. The molecule has 188 valence electrons. The van der Waals surface area contributed by atoms with E-state index >= 15 is 0 Å². The average Bonchev–Trinajstić information content (AvgIpc) is 2.74. The van der Waals surface area contributed by atoms with Gasteiger partial charge in [0.1, 0.15) is 0 Å². The summed E-state index contributed by atoms with van der Waals surface area (Å²) in [6.07, 6.45) is 17.0. The van der Waals surface area contributed by atoms with Crippen molar-refractivity contribution in [2.75, 3.05) is 6.54 Å². The van der Waals surface area contributed by atoms with E-state index in [1.54, 1.807) is 5.20 Å². The van der Waals surface area contributed by atoms with Gasteiger partial charge >= 0.3 is 0 Å². The second-order valence-corrected chi connectivity index (χ2v) is 20.4. The van der Waals surface area contributed by atoms with Crippen molar-refractivity contribution >= 4 is 22.4 Å². The molecule has 3 heteroatoms. The third kappa shape index (κ3) is 12.2. The Balaban J connectivity index is 4.05. The van der Waals surface area contributed by atoms with Crippen molar-refractivity contribution < 1.29 is 0 Å². The highest BCUT2D eigenvalue weighted by Gasteiger charge is 2.31. The van der Waals surface area contributed by atoms with Crippen molar-refractivity contribution in [3.05, 3.63) is 23.6 Å². The van der Waals surface area contributed by atoms with Crippen LogP contribution in [0.15, 0.2) is 28.5 Å². The lowest BCUT2D eigenvalue weighted by Crippen LogP contribution is -2.35. The maximum absolute atomic E-state index is 4.74. The number of aliphatic imine (C=N–C) groups is 1. The summed E-state index contributed by atoms with van der Waals surface area (Å²) >= 11 is 0. The van der Waals surface area contributed by atoms with Crippen LogP contribution in [0.25, 0.3) is 0 Å². The molecule has 0 rings (SSSR count).